The molecule has 2 aromatic rings. The van der Waals surface area contributed by atoms with Crippen molar-refractivity contribution >= 4 is 17.4 Å². The first kappa shape index (κ1) is 14.6. The Labute approximate surface area is 124 Å². The first-order valence-electron chi connectivity index (χ1n) is 6.75. The normalized spacial score (nSPS) is 10.3. The molecule has 0 amide bonds. The molecule has 0 radical (unpaired) electrons. The minimum atomic E-state index is 0.468. The Bertz CT molecular complexity index is 575. The van der Waals surface area contributed by atoms with E-state index in [9.17, 15) is 0 Å². The summed E-state index contributed by atoms with van der Waals surface area (Å²) in [6.45, 7) is 5.01. The third kappa shape index (κ3) is 3.84. The van der Waals surface area contributed by atoms with Crippen molar-refractivity contribution in [3.63, 3.8) is 0 Å². The van der Waals surface area contributed by atoms with Crippen molar-refractivity contribution < 1.29 is 4.74 Å². The summed E-state index contributed by atoms with van der Waals surface area (Å²) < 4.78 is 5.72. The van der Waals surface area contributed by atoms with E-state index in [4.69, 9.17) is 16.3 Å². The van der Waals surface area contributed by atoms with Crippen LogP contribution in [0.1, 0.15) is 25.8 Å². The summed E-state index contributed by atoms with van der Waals surface area (Å²) in [4.78, 5) is 8.47. The van der Waals surface area contributed by atoms with E-state index < -0.39 is 0 Å². The molecule has 20 heavy (non-hydrogen) atoms. The number of hydrogen-bond acceptors (Lipinski definition) is 4. The van der Waals surface area contributed by atoms with Crippen molar-refractivity contribution in [2.45, 2.75) is 26.7 Å². The molecule has 0 saturated carbocycles. The highest BCUT2D eigenvalue weighted by Gasteiger charge is 2.04. The van der Waals surface area contributed by atoms with Gasteiger partial charge in [0.2, 0.25) is 5.88 Å². The quantitative estimate of drug-likeness (QED) is 0.861. The average Bonchev–Trinajstić information content (AvgIpc) is 2.47. The van der Waals surface area contributed by atoms with Gasteiger partial charge < -0.3 is 10.1 Å². The number of aromatic nitrogens is 2. The van der Waals surface area contributed by atoms with Gasteiger partial charge in [-0.25, -0.2) is 0 Å². The number of nitrogens with zero attached hydrogens (tertiary/aromatic N) is 2. The molecule has 0 aliphatic rings. The minimum absolute atomic E-state index is 0.468. The molecule has 0 aliphatic carbocycles. The Balaban J connectivity index is 2.13. The van der Waals surface area contributed by atoms with E-state index >= 15 is 0 Å². The van der Waals surface area contributed by atoms with Gasteiger partial charge in [-0.15, -0.1) is 0 Å². The first-order chi connectivity index (χ1) is 9.72. The van der Waals surface area contributed by atoms with Gasteiger partial charge in [0.1, 0.15) is 11.6 Å². The standard InChI is InChI=1S/C15H18ClN3O/c1-3-7-18-14-9-17-10-15(19-14)20-12-5-6-13(16)11(4-2)8-12/h5-6,8-10H,3-4,7H2,1-2H3,(H,18,19). The van der Waals surface area contributed by atoms with E-state index in [0.29, 0.717) is 17.4 Å². The molecule has 0 saturated heterocycles. The zero-order valence-electron chi connectivity index (χ0n) is 11.7. The molecule has 0 bridgehead atoms. The Kier molecular flexibility index (Phi) is 5.18. The van der Waals surface area contributed by atoms with Crippen LogP contribution in [0.2, 0.25) is 5.02 Å². The maximum atomic E-state index is 6.09. The second-order valence-electron chi connectivity index (χ2n) is 4.38. The largest absolute Gasteiger partial charge is 0.437 e. The molecule has 0 atom stereocenters. The number of hydrogen-bond donors (Lipinski definition) is 1. The van der Waals surface area contributed by atoms with Gasteiger partial charge in [-0.1, -0.05) is 25.4 Å². The fraction of sp³-hybridized carbons (Fsp3) is 0.333. The molecular weight excluding hydrogens is 274 g/mol. The SMILES string of the molecule is CCCNc1cncc(Oc2ccc(Cl)c(CC)c2)n1. The van der Waals surface area contributed by atoms with Crippen LogP contribution in [0.25, 0.3) is 0 Å². The molecule has 1 aromatic heterocycles. The molecule has 5 heteroatoms. The lowest BCUT2D eigenvalue weighted by atomic mass is 10.1. The number of benzene rings is 1. The molecule has 106 valence electrons. The third-order valence-corrected chi connectivity index (χ3v) is 3.16. The lowest BCUT2D eigenvalue weighted by Crippen LogP contribution is -2.03. The molecule has 2 rings (SSSR count). The molecule has 0 fully saturated rings. The Morgan fingerprint density at radius 3 is 2.85 bits per heavy atom. The van der Waals surface area contributed by atoms with E-state index in [1.807, 2.05) is 18.2 Å². The third-order valence-electron chi connectivity index (χ3n) is 2.79. The van der Waals surface area contributed by atoms with Crippen LogP contribution in [0.15, 0.2) is 30.6 Å². The van der Waals surface area contributed by atoms with Crippen LogP contribution in [0, 0.1) is 0 Å². The Morgan fingerprint density at radius 2 is 2.10 bits per heavy atom. The van der Waals surface area contributed by atoms with Gasteiger partial charge in [0.05, 0.1) is 12.4 Å². The van der Waals surface area contributed by atoms with Crippen molar-refractivity contribution in [1.29, 1.82) is 0 Å². The van der Waals surface area contributed by atoms with Crippen LogP contribution in [-0.2, 0) is 6.42 Å². The van der Waals surface area contributed by atoms with Crippen LogP contribution in [-0.4, -0.2) is 16.5 Å². The average molecular weight is 292 g/mol. The van der Waals surface area contributed by atoms with Crippen LogP contribution < -0.4 is 10.1 Å². The summed E-state index contributed by atoms with van der Waals surface area (Å²) in [5, 5.41) is 3.93. The maximum absolute atomic E-state index is 6.09. The van der Waals surface area contributed by atoms with E-state index in [1.165, 1.54) is 0 Å². The lowest BCUT2D eigenvalue weighted by Gasteiger charge is -2.09. The monoisotopic (exact) mass is 291 g/mol. The lowest BCUT2D eigenvalue weighted by molar-refractivity contribution is 0.460. The highest BCUT2D eigenvalue weighted by Crippen LogP contribution is 2.26. The zero-order chi connectivity index (χ0) is 14.4. The van der Waals surface area contributed by atoms with E-state index in [0.717, 1.165) is 30.0 Å². The second-order valence-corrected chi connectivity index (χ2v) is 4.79. The summed E-state index contributed by atoms with van der Waals surface area (Å²) in [6.07, 6.45) is 5.17. The van der Waals surface area contributed by atoms with Crippen molar-refractivity contribution in [3.8, 4) is 11.6 Å². The van der Waals surface area contributed by atoms with Gasteiger partial charge in [-0.05, 0) is 36.6 Å². The summed E-state index contributed by atoms with van der Waals surface area (Å²) in [5.41, 5.74) is 1.05. The van der Waals surface area contributed by atoms with Crippen molar-refractivity contribution in [3.05, 3.63) is 41.2 Å². The molecule has 1 heterocycles. The van der Waals surface area contributed by atoms with Crippen molar-refractivity contribution in [2.75, 3.05) is 11.9 Å². The van der Waals surface area contributed by atoms with E-state index in [2.05, 4.69) is 29.1 Å². The van der Waals surface area contributed by atoms with Gasteiger partial charge in [-0.2, -0.15) is 4.98 Å². The Hall–Kier alpha value is -1.81. The van der Waals surface area contributed by atoms with Gasteiger partial charge >= 0.3 is 0 Å². The van der Waals surface area contributed by atoms with Gasteiger partial charge in [0.25, 0.3) is 0 Å². The maximum Gasteiger partial charge on any atom is 0.239 e. The van der Waals surface area contributed by atoms with Crippen LogP contribution >= 0.6 is 11.6 Å². The smallest absolute Gasteiger partial charge is 0.239 e. The van der Waals surface area contributed by atoms with Crippen molar-refractivity contribution in [2.24, 2.45) is 0 Å². The second kappa shape index (κ2) is 7.10. The number of rotatable bonds is 6. The highest BCUT2D eigenvalue weighted by atomic mass is 35.5. The fourth-order valence-electron chi connectivity index (χ4n) is 1.74. The summed E-state index contributed by atoms with van der Waals surface area (Å²) in [6, 6.07) is 5.59. The van der Waals surface area contributed by atoms with Gasteiger partial charge in [0.15, 0.2) is 0 Å². The number of halogens is 1. The number of aryl methyl sites for hydroxylation is 1. The Morgan fingerprint density at radius 1 is 1.25 bits per heavy atom. The predicted molar refractivity (Wildman–Crippen MR) is 81.7 cm³/mol. The molecular formula is C15H18ClN3O. The number of anilines is 1. The van der Waals surface area contributed by atoms with Crippen LogP contribution in [0.3, 0.4) is 0 Å². The summed E-state index contributed by atoms with van der Waals surface area (Å²) in [5.74, 6) is 1.90. The van der Waals surface area contributed by atoms with E-state index in [-0.39, 0.29) is 0 Å². The van der Waals surface area contributed by atoms with Crippen LogP contribution in [0.5, 0.6) is 11.6 Å². The van der Waals surface area contributed by atoms with Crippen molar-refractivity contribution in [1.82, 2.24) is 9.97 Å². The summed E-state index contributed by atoms with van der Waals surface area (Å²) in [7, 11) is 0. The molecule has 4 nitrogen and oxygen atoms in total. The molecule has 0 aliphatic heterocycles. The predicted octanol–water partition coefficient (Wildman–Crippen LogP) is 4.31. The fourth-order valence-corrected chi connectivity index (χ4v) is 1.99. The van der Waals surface area contributed by atoms with Crippen LogP contribution in [0.4, 0.5) is 5.82 Å². The molecule has 1 aromatic carbocycles. The minimum Gasteiger partial charge on any atom is -0.437 e. The topological polar surface area (TPSA) is 47.0 Å². The molecule has 0 spiro atoms. The van der Waals surface area contributed by atoms with Gasteiger partial charge in [0, 0.05) is 11.6 Å². The molecule has 0 unspecified atom stereocenters. The van der Waals surface area contributed by atoms with Gasteiger partial charge in [-0.3, -0.25) is 4.98 Å². The molecule has 1 N–H and O–H groups in total. The van der Waals surface area contributed by atoms with E-state index in [1.54, 1.807) is 12.4 Å². The summed E-state index contributed by atoms with van der Waals surface area (Å²) >= 11 is 6.09. The first-order valence-corrected chi connectivity index (χ1v) is 7.13. The zero-order valence-corrected chi connectivity index (χ0v) is 12.4. The number of nitrogens with one attached hydrogen (secondary N) is 1. The highest BCUT2D eigenvalue weighted by molar-refractivity contribution is 6.31. The number of ether oxygens (including phenoxy) is 1.